The van der Waals surface area contributed by atoms with Gasteiger partial charge in [0, 0.05) is 19.0 Å². The molecule has 0 aliphatic heterocycles. The zero-order valence-electron chi connectivity index (χ0n) is 28.5. The predicted molar refractivity (Wildman–Crippen MR) is 190 cm³/mol. The maximum Gasteiger partial charge on any atom is 0.337 e. The molecule has 0 saturated carbocycles. The number of benzene rings is 4. The lowest BCUT2D eigenvalue weighted by molar-refractivity contribution is -0.140. The number of esters is 2. The maximum atomic E-state index is 12.3. The van der Waals surface area contributed by atoms with Crippen LogP contribution in [0, 0.1) is 0 Å². The number of ether oxygens (including phenoxy) is 3. The summed E-state index contributed by atoms with van der Waals surface area (Å²) >= 11 is 0. The van der Waals surface area contributed by atoms with E-state index in [2.05, 4.69) is 83.8 Å². The van der Waals surface area contributed by atoms with Gasteiger partial charge in [-0.25, -0.2) is 4.79 Å². The molecule has 1 atom stereocenters. The zero-order chi connectivity index (χ0) is 33.6. The summed E-state index contributed by atoms with van der Waals surface area (Å²) in [5.41, 5.74) is 8.16. The Kier molecular flexibility index (Phi) is 13.2. The summed E-state index contributed by atoms with van der Waals surface area (Å²) in [5, 5.41) is 0. The summed E-state index contributed by atoms with van der Waals surface area (Å²) in [4.78, 5) is 26.7. The first-order chi connectivity index (χ1) is 23.5. The maximum absolute atomic E-state index is 12.3. The van der Waals surface area contributed by atoms with Crippen LogP contribution in [0.4, 0.5) is 0 Å². The van der Waals surface area contributed by atoms with Gasteiger partial charge in [0.2, 0.25) is 0 Å². The van der Waals surface area contributed by atoms with Gasteiger partial charge in [-0.05, 0) is 109 Å². The molecule has 0 heterocycles. The van der Waals surface area contributed by atoms with Crippen molar-refractivity contribution in [2.24, 2.45) is 0 Å². The minimum Gasteiger partial charge on any atom is -0.489 e. The minimum atomic E-state index is -0.297. The Labute approximate surface area is 286 Å². The highest BCUT2D eigenvalue weighted by Gasteiger charge is 2.26. The predicted octanol–water partition coefficient (Wildman–Crippen LogP) is 8.49. The molecule has 0 radical (unpaired) electrons. The molecule has 5 rings (SSSR count). The van der Waals surface area contributed by atoms with Crippen LogP contribution in [0.3, 0.4) is 0 Å². The van der Waals surface area contributed by atoms with Crippen LogP contribution in [0.1, 0.15) is 88.3 Å². The molecule has 0 N–H and O–H groups in total. The molecule has 6 heteroatoms. The fraction of sp³-hybridized carbons (Fsp3) is 0.381. The number of aryl methyl sites for hydroxylation is 3. The van der Waals surface area contributed by atoms with Crippen LogP contribution in [0.5, 0.6) is 5.75 Å². The first kappa shape index (κ1) is 34.9. The Morgan fingerprint density at radius 3 is 2.23 bits per heavy atom. The molecule has 4 aromatic carbocycles. The molecule has 0 saturated heterocycles. The normalized spacial score (nSPS) is 14.2. The number of methoxy groups -OCH3 is 2. The van der Waals surface area contributed by atoms with Gasteiger partial charge in [-0.2, -0.15) is 0 Å². The van der Waals surface area contributed by atoms with Crippen LogP contribution in [0.15, 0.2) is 97.1 Å². The molecule has 1 unspecified atom stereocenters. The SMILES string of the molecule is COC(=O)CCCCN(CCc1ccccc1OCc1ccc(CCc2ccccc2)cc1)C1CCCCc2cc(C(=O)OC)ccc21. The van der Waals surface area contributed by atoms with Gasteiger partial charge in [0.1, 0.15) is 12.4 Å². The molecule has 6 nitrogen and oxygen atoms in total. The van der Waals surface area contributed by atoms with Crippen LogP contribution in [-0.2, 0) is 46.6 Å². The smallest absolute Gasteiger partial charge is 0.337 e. The van der Waals surface area contributed by atoms with Gasteiger partial charge in [0.25, 0.3) is 0 Å². The van der Waals surface area contributed by atoms with Crippen molar-refractivity contribution in [3.8, 4) is 5.75 Å². The highest BCUT2D eigenvalue weighted by Crippen LogP contribution is 2.35. The van der Waals surface area contributed by atoms with Gasteiger partial charge in [-0.15, -0.1) is 0 Å². The zero-order valence-corrected chi connectivity index (χ0v) is 28.5. The molecule has 0 spiro atoms. The standard InChI is InChI=1S/C42H49NO5/c1-46-41(44)18-10-11-28-43(39-16-8-6-15-36-30-37(42(45)47-2)25-26-38(36)39)29-27-35-14-7-9-17-40(35)48-31-34-23-21-33(22-24-34)20-19-32-12-4-3-5-13-32/h3-5,7,9,12-14,17,21-26,30,39H,6,8,10-11,15-16,18-20,27-29,31H2,1-2H3. The third-order valence-electron chi connectivity index (χ3n) is 9.44. The molecule has 0 fully saturated rings. The molecule has 1 aliphatic carbocycles. The first-order valence-corrected chi connectivity index (χ1v) is 17.4. The van der Waals surface area contributed by atoms with E-state index in [-0.39, 0.29) is 18.0 Å². The third-order valence-corrected chi connectivity index (χ3v) is 9.44. The van der Waals surface area contributed by atoms with Crippen molar-refractivity contribution < 1.29 is 23.8 Å². The second-order valence-electron chi connectivity index (χ2n) is 12.7. The second kappa shape index (κ2) is 18.2. The fourth-order valence-electron chi connectivity index (χ4n) is 6.70. The third kappa shape index (κ3) is 10.0. The van der Waals surface area contributed by atoms with Gasteiger partial charge in [-0.1, -0.05) is 85.3 Å². The molecule has 0 amide bonds. The van der Waals surface area contributed by atoms with E-state index in [1.165, 1.54) is 42.0 Å². The first-order valence-electron chi connectivity index (χ1n) is 17.4. The quantitative estimate of drug-likeness (QED) is 0.0691. The van der Waals surface area contributed by atoms with Crippen molar-refractivity contribution in [1.29, 1.82) is 0 Å². The molecular formula is C42H49NO5. The van der Waals surface area contributed by atoms with E-state index in [1.807, 2.05) is 18.2 Å². The highest BCUT2D eigenvalue weighted by atomic mass is 16.5. The number of nitrogens with zero attached hydrogens (tertiary/aromatic N) is 1. The number of rotatable bonds is 16. The van der Waals surface area contributed by atoms with Crippen LogP contribution < -0.4 is 4.74 Å². The number of hydrogen-bond donors (Lipinski definition) is 0. The summed E-state index contributed by atoms with van der Waals surface area (Å²) in [6, 6.07) is 34.0. The summed E-state index contributed by atoms with van der Waals surface area (Å²) < 4.78 is 16.3. The molecule has 1 aliphatic rings. The lowest BCUT2D eigenvalue weighted by Crippen LogP contribution is -2.32. The van der Waals surface area contributed by atoms with Crippen LogP contribution in [0.2, 0.25) is 0 Å². The van der Waals surface area contributed by atoms with Gasteiger partial charge in [-0.3, -0.25) is 9.69 Å². The highest BCUT2D eigenvalue weighted by molar-refractivity contribution is 5.89. The number of fused-ring (bicyclic) bond motifs is 1. The van der Waals surface area contributed by atoms with Crippen LogP contribution >= 0.6 is 0 Å². The van der Waals surface area contributed by atoms with Crippen molar-refractivity contribution in [3.63, 3.8) is 0 Å². The molecular weight excluding hydrogens is 598 g/mol. The number of carbonyl (C=O) groups excluding carboxylic acids is 2. The summed E-state index contributed by atoms with van der Waals surface area (Å²) in [6.07, 6.45) is 9.24. The molecule has 4 aromatic rings. The fourth-order valence-corrected chi connectivity index (χ4v) is 6.70. The monoisotopic (exact) mass is 647 g/mol. The van der Waals surface area contributed by atoms with Crippen molar-refractivity contribution >= 4 is 11.9 Å². The van der Waals surface area contributed by atoms with E-state index >= 15 is 0 Å². The van der Waals surface area contributed by atoms with Crippen LogP contribution in [-0.4, -0.2) is 44.1 Å². The van der Waals surface area contributed by atoms with Crippen molar-refractivity contribution in [2.45, 2.75) is 76.9 Å². The van der Waals surface area contributed by atoms with Crippen molar-refractivity contribution in [2.75, 3.05) is 27.3 Å². The minimum absolute atomic E-state index is 0.162. The Hall–Kier alpha value is -4.42. The summed E-state index contributed by atoms with van der Waals surface area (Å²) in [5.74, 6) is 0.457. The van der Waals surface area contributed by atoms with E-state index in [0.717, 1.165) is 82.2 Å². The van der Waals surface area contributed by atoms with Crippen LogP contribution in [0.25, 0.3) is 0 Å². The molecule has 48 heavy (non-hydrogen) atoms. The average molecular weight is 648 g/mol. The molecule has 252 valence electrons. The lowest BCUT2D eigenvalue weighted by atomic mass is 9.95. The molecule has 0 bridgehead atoms. The molecule has 0 aromatic heterocycles. The Morgan fingerprint density at radius 2 is 1.46 bits per heavy atom. The summed E-state index contributed by atoms with van der Waals surface area (Å²) in [7, 11) is 2.87. The van der Waals surface area contributed by atoms with Gasteiger partial charge in [0.15, 0.2) is 0 Å². The van der Waals surface area contributed by atoms with E-state index in [1.54, 1.807) is 0 Å². The Bertz CT molecular complexity index is 1600. The van der Waals surface area contributed by atoms with E-state index in [9.17, 15) is 9.59 Å². The van der Waals surface area contributed by atoms with Gasteiger partial charge >= 0.3 is 11.9 Å². The number of unbranched alkanes of at least 4 members (excludes halogenated alkanes) is 1. The number of para-hydroxylation sites is 1. The Balaban J connectivity index is 1.25. The number of carbonyl (C=O) groups is 2. The van der Waals surface area contributed by atoms with E-state index in [0.29, 0.717) is 18.6 Å². The van der Waals surface area contributed by atoms with Gasteiger partial charge in [0.05, 0.1) is 19.8 Å². The van der Waals surface area contributed by atoms with Crippen molar-refractivity contribution in [3.05, 3.63) is 136 Å². The van der Waals surface area contributed by atoms with Gasteiger partial charge < -0.3 is 14.2 Å². The average Bonchev–Trinajstić information content (AvgIpc) is 3.35. The van der Waals surface area contributed by atoms with E-state index < -0.39 is 0 Å². The largest absolute Gasteiger partial charge is 0.489 e. The van der Waals surface area contributed by atoms with E-state index in [4.69, 9.17) is 14.2 Å². The summed E-state index contributed by atoms with van der Waals surface area (Å²) in [6.45, 7) is 2.25. The van der Waals surface area contributed by atoms with Crippen molar-refractivity contribution in [1.82, 2.24) is 4.90 Å². The number of hydrogen-bond acceptors (Lipinski definition) is 6. The lowest BCUT2D eigenvalue weighted by Gasteiger charge is -2.33. The topological polar surface area (TPSA) is 65.1 Å². The Morgan fingerprint density at radius 1 is 0.729 bits per heavy atom. The second-order valence-corrected chi connectivity index (χ2v) is 12.7.